The van der Waals surface area contributed by atoms with E-state index in [-0.39, 0.29) is 12.4 Å². The molecule has 0 bridgehead atoms. The zero-order valence-corrected chi connectivity index (χ0v) is 4.68. The van der Waals surface area contributed by atoms with Gasteiger partial charge in [0.05, 0.1) is 0 Å². The number of carbonyl (C=O) groups is 1. The van der Waals surface area contributed by atoms with Crippen LogP contribution in [0.1, 0.15) is 6.92 Å². The highest BCUT2D eigenvalue weighted by Gasteiger charge is 1.91. The van der Waals surface area contributed by atoms with Gasteiger partial charge in [0.2, 0.25) is 0 Å². The summed E-state index contributed by atoms with van der Waals surface area (Å²) in [7, 11) is 0. The van der Waals surface area contributed by atoms with Gasteiger partial charge in [-0.1, -0.05) is 6.58 Å². The summed E-state index contributed by atoms with van der Waals surface area (Å²) in [6.45, 7) is 4.27. The maximum Gasteiger partial charge on any atom is 0.303 e. The highest BCUT2D eigenvalue weighted by atomic mass is 16.5. The fourth-order valence-corrected chi connectivity index (χ4v) is 0.185. The summed E-state index contributed by atoms with van der Waals surface area (Å²) in [5.41, 5.74) is 0. The monoisotopic (exact) mass is 116 g/mol. The molecule has 0 amide bonds. The lowest BCUT2D eigenvalue weighted by Crippen LogP contribution is -2.01. The minimum absolute atomic E-state index is 0.102. The largest absolute Gasteiger partial charge is 0.509 e. The van der Waals surface area contributed by atoms with Gasteiger partial charge in [-0.05, 0) is 0 Å². The van der Waals surface area contributed by atoms with Crippen LogP contribution < -0.4 is 0 Å². The van der Waals surface area contributed by atoms with Crippen molar-refractivity contribution < 1.29 is 14.6 Å². The maximum atomic E-state index is 9.97. The number of rotatable bonds is 2. The van der Waals surface area contributed by atoms with Gasteiger partial charge >= 0.3 is 5.97 Å². The molecule has 0 aromatic heterocycles. The fourth-order valence-electron chi connectivity index (χ4n) is 0.185. The first-order valence-corrected chi connectivity index (χ1v) is 2.13. The minimum Gasteiger partial charge on any atom is -0.509 e. The van der Waals surface area contributed by atoms with Crippen LogP contribution in [0.3, 0.4) is 0 Å². The molecule has 8 heavy (non-hydrogen) atoms. The Balaban J connectivity index is 3.18. The normalized spacial score (nSPS) is 8.12. The molecule has 0 aromatic rings. The number of hydrogen-bond acceptors (Lipinski definition) is 3. The molecular weight excluding hydrogens is 108 g/mol. The van der Waals surface area contributed by atoms with Gasteiger partial charge in [-0.2, -0.15) is 0 Å². The molecule has 0 rings (SSSR count). The van der Waals surface area contributed by atoms with E-state index in [4.69, 9.17) is 5.11 Å². The first-order valence-electron chi connectivity index (χ1n) is 2.13. The van der Waals surface area contributed by atoms with Gasteiger partial charge in [0, 0.05) is 6.92 Å². The Morgan fingerprint density at radius 2 is 2.38 bits per heavy atom. The quantitative estimate of drug-likeness (QED) is 0.425. The molecular formula is C5H8O3. The molecule has 0 saturated heterocycles. The van der Waals surface area contributed by atoms with Crippen molar-refractivity contribution in [2.75, 3.05) is 6.61 Å². The van der Waals surface area contributed by atoms with E-state index in [1.54, 1.807) is 0 Å². The van der Waals surface area contributed by atoms with Crippen LogP contribution in [0, 0.1) is 0 Å². The summed E-state index contributed by atoms with van der Waals surface area (Å²) >= 11 is 0. The molecule has 3 nitrogen and oxygen atoms in total. The lowest BCUT2D eigenvalue weighted by atomic mass is 10.6. The Bertz CT molecular complexity index is 92.2. The summed E-state index contributed by atoms with van der Waals surface area (Å²) in [4.78, 5) is 9.97. The molecule has 0 saturated carbocycles. The predicted molar refractivity (Wildman–Crippen MR) is 28.4 cm³/mol. The second-order valence-electron chi connectivity index (χ2n) is 1.35. The molecule has 0 spiro atoms. The summed E-state index contributed by atoms with van der Waals surface area (Å²) in [5.74, 6) is -0.555. The van der Waals surface area contributed by atoms with Crippen LogP contribution in [0.4, 0.5) is 0 Å². The third kappa shape index (κ3) is 5.01. The first kappa shape index (κ1) is 7.01. The van der Waals surface area contributed by atoms with Gasteiger partial charge in [-0.25, -0.2) is 0 Å². The van der Waals surface area contributed by atoms with E-state index in [0.29, 0.717) is 0 Å². The molecule has 3 heteroatoms. The van der Waals surface area contributed by atoms with E-state index < -0.39 is 5.97 Å². The fraction of sp³-hybridized carbons (Fsp3) is 0.400. The van der Waals surface area contributed by atoms with Gasteiger partial charge in [-0.3, -0.25) is 4.79 Å². The average Bonchev–Trinajstić information content (AvgIpc) is 1.61. The molecule has 0 heterocycles. The van der Waals surface area contributed by atoms with E-state index in [0.717, 1.165) is 0 Å². The minimum atomic E-state index is -0.416. The van der Waals surface area contributed by atoms with E-state index in [1.165, 1.54) is 6.92 Å². The molecule has 0 aliphatic heterocycles. The van der Waals surface area contributed by atoms with Crippen LogP contribution in [0.2, 0.25) is 0 Å². The highest BCUT2D eigenvalue weighted by Crippen LogP contribution is 1.83. The van der Waals surface area contributed by atoms with Crippen molar-refractivity contribution in [1.29, 1.82) is 0 Å². The second kappa shape index (κ2) is 3.07. The van der Waals surface area contributed by atoms with Crippen LogP contribution in [-0.4, -0.2) is 17.7 Å². The zero-order valence-electron chi connectivity index (χ0n) is 4.68. The van der Waals surface area contributed by atoms with Gasteiger partial charge < -0.3 is 9.84 Å². The van der Waals surface area contributed by atoms with Crippen molar-refractivity contribution >= 4 is 5.97 Å². The van der Waals surface area contributed by atoms with E-state index >= 15 is 0 Å². The molecule has 0 unspecified atom stereocenters. The molecule has 0 radical (unpaired) electrons. The maximum absolute atomic E-state index is 9.97. The Kier molecular flexibility index (Phi) is 2.69. The van der Waals surface area contributed by atoms with E-state index in [2.05, 4.69) is 11.3 Å². The average molecular weight is 116 g/mol. The predicted octanol–water partition coefficient (Wildman–Crippen LogP) is 0.621. The second-order valence-corrected chi connectivity index (χ2v) is 1.35. The summed E-state index contributed by atoms with van der Waals surface area (Å²) < 4.78 is 4.31. The van der Waals surface area contributed by atoms with Crippen molar-refractivity contribution in [3.8, 4) is 0 Å². The SMILES string of the molecule is C=C(O)COC(C)=O. The molecule has 0 aromatic carbocycles. The standard InChI is InChI=1S/C5H8O3/c1-4(6)3-8-5(2)7/h6H,1,3H2,2H3. The third-order valence-corrected chi connectivity index (χ3v) is 0.442. The van der Waals surface area contributed by atoms with Gasteiger partial charge in [0.25, 0.3) is 0 Å². The van der Waals surface area contributed by atoms with Crippen molar-refractivity contribution in [2.24, 2.45) is 0 Å². The van der Waals surface area contributed by atoms with Crippen molar-refractivity contribution in [1.82, 2.24) is 0 Å². The van der Waals surface area contributed by atoms with Crippen LogP contribution in [0.15, 0.2) is 12.3 Å². The van der Waals surface area contributed by atoms with Gasteiger partial charge in [0.15, 0.2) is 0 Å². The Morgan fingerprint density at radius 1 is 1.88 bits per heavy atom. The van der Waals surface area contributed by atoms with Crippen LogP contribution >= 0.6 is 0 Å². The molecule has 0 fully saturated rings. The topological polar surface area (TPSA) is 46.5 Å². The summed E-state index contributed by atoms with van der Waals surface area (Å²) in [6, 6.07) is 0. The van der Waals surface area contributed by atoms with E-state index in [9.17, 15) is 4.79 Å². The number of aliphatic hydroxyl groups is 1. The third-order valence-electron chi connectivity index (χ3n) is 0.442. The van der Waals surface area contributed by atoms with Crippen molar-refractivity contribution in [3.63, 3.8) is 0 Å². The van der Waals surface area contributed by atoms with Crippen molar-refractivity contribution in [3.05, 3.63) is 12.3 Å². The molecule has 0 aliphatic rings. The number of carbonyl (C=O) groups excluding carboxylic acids is 1. The first-order chi connectivity index (χ1) is 3.63. The van der Waals surface area contributed by atoms with E-state index in [1.807, 2.05) is 0 Å². The Hall–Kier alpha value is -0.990. The molecule has 0 atom stereocenters. The highest BCUT2D eigenvalue weighted by molar-refractivity contribution is 5.66. The lowest BCUT2D eigenvalue weighted by Gasteiger charge is -1.96. The number of ether oxygens (including phenoxy) is 1. The Labute approximate surface area is 47.6 Å². The lowest BCUT2D eigenvalue weighted by molar-refractivity contribution is -0.140. The number of esters is 1. The summed E-state index contributed by atoms with van der Waals surface area (Å²) in [5, 5.41) is 8.33. The van der Waals surface area contributed by atoms with Crippen LogP contribution in [0.25, 0.3) is 0 Å². The number of aliphatic hydroxyl groups excluding tert-OH is 1. The molecule has 0 aliphatic carbocycles. The van der Waals surface area contributed by atoms with Gasteiger partial charge in [-0.15, -0.1) is 0 Å². The summed E-state index contributed by atoms with van der Waals surface area (Å²) in [6.07, 6.45) is 0. The number of hydrogen-bond donors (Lipinski definition) is 1. The van der Waals surface area contributed by atoms with Crippen molar-refractivity contribution in [2.45, 2.75) is 6.92 Å². The zero-order chi connectivity index (χ0) is 6.57. The van der Waals surface area contributed by atoms with Crippen LogP contribution in [0.5, 0.6) is 0 Å². The van der Waals surface area contributed by atoms with Gasteiger partial charge in [0.1, 0.15) is 12.4 Å². The van der Waals surface area contributed by atoms with Crippen LogP contribution in [-0.2, 0) is 9.53 Å². The smallest absolute Gasteiger partial charge is 0.303 e. The Morgan fingerprint density at radius 3 is 2.50 bits per heavy atom. The molecule has 1 N–H and O–H groups in total. The molecule has 46 valence electrons.